The second-order valence-electron chi connectivity index (χ2n) is 7.13. The molecule has 0 aliphatic carbocycles. The fraction of sp³-hybridized carbons (Fsp3) is 0.120. The minimum atomic E-state index is -0.358. The highest BCUT2D eigenvalue weighted by molar-refractivity contribution is 8.00. The topological polar surface area (TPSA) is 57.8 Å². The van der Waals surface area contributed by atoms with E-state index in [1.54, 1.807) is 18.2 Å². The average Bonchev–Trinajstić information content (AvgIpc) is 3.25. The second kappa shape index (κ2) is 10.3. The van der Waals surface area contributed by atoms with E-state index in [-0.39, 0.29) is 11.2 Å². The Morgan fingerprint density at radius 2 is 1.66 bits per heavy atom. The van der Waals surface area contributed by atoms with Crippen molar-refractivity contribution < 1.29 is 4.79 Å². The van der Waals surface area contributed by atoms with Gasteiger partial charge in [0.1, 0.15) is 0 Å². The Balaban J connectivity index is 1.62. The van der Waals surface area contributed by atoms with Gasteiger partial charge in [-0.25, -0.2) is 4.98 Å². The van der Waals surface area contributed by atoms with Crippen LogP contribution in [-0.2, 0) is 4.79 Å². The van der Waals surface area contributed by atoms with E-state index < -0.39 is 0 Å². The lowest BCUT2D eigenvalue weighted by Gasteiger charge is -2.14. The van der Waals surface area contributed by atoms with Crippen LogP contribution in [0.2, 0.25) is 10.0 Å². The number of hydrogen-bond donors (Lipinski definition) is 2. The van der Waals surface area contributed by atoms with E-state index in [4.69, 9.17) is 28.2 Å². The Bertz CT molecular complexity index is 1160. The number of imidazole rings is 1. The van der Waals surface area contributed by atoms with Gasteiger partial charge in [-0.3, -0.25) is 4.79 Å². The first-order valence-electron chi connectivity index (χ1n) is 10.2. The van der Waals surface area contributed by atoms with Crippen molar-refractivity contribution in [3.05, 3.63) is 88.9 Å². The number of aromatic amines is 1. The van der Waals surface area contributed by atoms with Crippen molar-refractivity contribution in [3.63, 3.8) is 0 Å². The molecule has 0 saturated carbocycles. The SMILES string of the molecule is CCC(Sc1nc(-c2ccccc2)c(-c2ccccc2)[nH]1)C(=O)Nc1cc(Cl)ccc1Cl. The van der Waals surface area contributed by atoms with E-state index in [0.29, 0.717) is 27.3 Å². The van der Waals surface area contributed by atoms with Crippen LogP contribution < -0.4 is 5.32 Å². The van der Waals surface area contributed by atoms with Crippen LogP contribution in [0.15, 0.2) is 84.0 Å². The third-order valence-electron chi connectivity index (χ3n) is 4.90. The first kappa shape index (κ1) is 22.5. The maximum Gasteiger partial charge on any atom is 0.238 e. The number of halogens is 2. The molecule has 0 spiro atoms. The summed E-state index contributed by atoms with van der Waals surface area (Å²) in [6.07, 6.45) is 0.622. The molecular formula is C25H21Cl2N3OS. The zero-order chi connectivity index (χ0) is 22.5. The number of nitrogens with one attached hydrogen (secondary N) is 2. The fourth-order valence-corrected chi connectivity index (χ4v) is 4.53. The number of carbonyl (C=O) groups is 1. The number of carbonyl (C=O) groups excluding carboxylic acids is 1. The van der Waals surface area contributed by atoms with Crippen molar-refractivity contribution in [2.75, 3.05) is 5.32 Å². The van der Waals surface area contributed by atoms with Crippen LogP contribution in [0.3, 0.4) is 0 Å². The van der Waals surface area contributed by atoms with E-state index >= 15 is 0 Å². The first-order valence-corrected chi connectivity index (χ1v) is 11.8. The standard InChI is InChI=1S/C25H21Cl2N3OS/c1-2-21(24(31)28-20-15-18(26)13-14-19(20)27)32-25-29-22(16-9-5-3-6-10-16)23(30-25)17-11-7-4-8-12-17/h3-15,21H,2H2,1H3,(H,28,31)(H,29,30). The lowest BCUT2D eigenvalue weighted by atomic mass is 10.1. The van der Waals surface area contributed by atoms with Gasteiger partial charge < -0.3 is 10.3 Å². The molecule has 3 aromatic carbocycles. The minimum absolute atomic E-state index is 0.152. The molecule has 0 aliphatic rings. The van der Waals surface area contributed by atoms with Gasteiger partial charge in [0.25, 0.3) is 0 Å². The molecule has 0 saturated heterocycles. The summed E-state index contributed by atoms with van der Waals surface area (Å²) >= 11 is 13.7. The van der Waals surface area contributed by atoms with E-state index in [1.165, 1.54) is 11.8 Å². The third kappa shape index (κ3) is 5.18. The van der Waals surface area contributed by atoms with E-state index in [2.05, 4.69) is 10.3 Å². The Morgan fingerprint density at radius 1 is 1.00 bits per heavy atom. The molecule has 0 aliphatic heterocycles. The summed E-state index contributed by atoms with van der Waals surface area (Å²) < 4.78 is 0. The Hall–Kier alpha value is -2.73. The molecule has 1 aromatic heterocycles. The predicted octanol–water partition coefficient (Wildman–Crippen LogP) is 7.56. The highest BCUT2D eigenvalue weighted by atomic mass is 35.5. The molecule has 1 heterocycles. The lowest BCUT2D eigenvalue weighted by Crippen LogP contribution is -2.24. The minimum Gasteiger partial charge on any atom is -0.332 e. The summed E-state index contributed by atoms with van der Waals surface area (Å²) in [5.74, 6) is -0.152. The highest BCUT2D eigenvalue weighted by Crippen LogP contribution is 2.35. The molecule has 1 amide bonds. The molecule has 1 unspecified atom stereocenters. The molecule has 4 nitrogen and oxygen atoms in total. The van der Waals surface area contributed by atoms with Crippen molar-refractivity contribution in [3.8, 4) is 22.5 Å². The van der Waals surface area contributed by atoms with Crippen molar-refractivity contribution in [2.45, 2.75) is 23.8 Å². The van der Waals surface area contributed by atoms with Crippen LogP contribution in [-0.4, -0.2) is 21.1 Å². The summed E-state index contributed by atoms with van der Waals surface area (Å²) in [6.45, 7) is 1.97. The molecule has 0 fully saturated rings. The van der Waals surface area contributed by atoms with E-state index in [0.717, 1.165) is 22.5 Å². The average molecular weight is 482 g/mol. The number of hydrogen-bond acceptors (Lipinski definition) is 3. The van der Waals surface area contributed by atoms with Crippen molar-refractivity contribution >= 4 is 46.6 Å². The monoisotopic (exact) mass is 481 g/mol. The number of rotatable bonds is 7. The molecule has 1 atom stereocenters. The van der Waals surface area contributed by atoms with E-state index in [1.807, 2.05) is 67.6 Å². The van der Waals surface area contributed by atoms with E-state index in [9.17, 15) is 4.79 Å². The maximum absolute atomic E-state index is 13.0. The van der Waals surface area contributed by atoms with Crippen LogP contribution in [0.1, 0.15) is 13.3 Å². The molecular weight excluding hydrogens is 461 g/mol. The van der Waals surface area contributed by atoms with Gasteiger partial charge in [0.05, 0.1) is 27.3 Å². The third-order valence-corrected chi connectivity index (χ3v) is 6.71. The number of aromatic nitrogens is 2. The van der Waals surface area contributed by atoms with Gasteiger partial charge in [0, 0.05) is 16.1 Å². The number of benzene rings is 3. The van der Waals surface area contributed by atoms with Gasteiger partial charge in [-0.2, -0.15) is 0 Å². The lowest BCUT2D eigenvalue weighted by molar-refractivity contribution is -0.115. The van der Waals surface area contributed by atoms with Crippen LogP contribution in [0.5, 0.6) is 0 Å². The van der Waals surface area contributed by atoms with Gasteiger partial charge >= 0.3 is 0 Å². The Labute approximate surface area is 201 Å². The molecule has 7 heteroatoms. The summed E-state index contributed by atoms with van der Waals surface area (Å²) in [5, 5.41) is 4.17. The van der Waals surface area contributed by atoms with Crippen LogP contribution in [0.4, 0.5) is 5.69 Å². The van der Waals surface area contributed by atoms with Crippen LogP contribution in [0.25, 0.3) is 22.5 Å². The van der Waals surface area contributed by atoms with Gasteiger partial charge in [0.15, 0.2) is 5.16 Å². The molecule has 0 radical (unpaired) electrons. The molecule has 0 bridgehead atoms. The highest BCUT2D eigenvalue weighted by Gasteiger charge is 2.22. The zero-order valence-electron chi connectivity index (χ0n) is 17.3. The van der Waals surface area contributed by atoms with Crippen LogP contribution >= 0.6 is 35.0 Å². The van der Waals surface area contributed by atoms with Crippen molar-refractivity contribution in [2.24, 2.45) is 0 Å². The summed E-state index contributed by atoms with van der Waals surface area (Å²) in [4.78, 5) is 21.2. The molecule has 4 aromatic rings. The number of anilines is 1. The first-order chi connectivity index (χ1) is 15.5. The number of thioether (sulfide) groups is 1. The van der Waals surface area contributed by atoms with Crippen LogP contribution in [0, 0.1) is 0 Å². The molecule has 4 rings (SSSR count). The predicted molar refractivity (Wildman–Crippen MR) is 134 cm³/mol. The smallest absolute Gasteiger partial charge is 0.238 e. The Morgan fingerprint density at radius 3 is 2.31 bits per heavy atom. The van der Waals surface area contributed by atoms with Gasteiger partial charge in [-0.15, -0.1) is 0 Å². The van der Waals surface area contributed by atoms with Gasteiger partial charge in [-0.05, 0) is 24.6 Å². The fourth-order valence-electron chi connectivity index (χ4n) is 3.29. The summed E-state index contributed by atoms with van der Waals surface area (Å²) in [6, 6.07) is 25.1. The van der Waals surface area contributed by atoms with Crippen molar-refractivity contribution in [1.29, 1.82) is 0 Å². The number of nitrogens with zero attached hydrogens (tertiary/aromatic N) is 1. The summed E-state index contributed by atoms with van der Waals surface area (Å²) in [5.41, 5.74) is 4.32. The van der Waals surface area contributed by atoms with Crippen molar-refractivity contribution in [1.82, 2.24) is 9.97 Å². The number of H-pyrrole nitrogens is 1. The molecule has 2 N–H and O–H groups in total. The molecule has 32 heavy (non-hydrogen) atoms. The normalized spacial score (nSPS) is 11.8. The van der Waals surface area contributed by atoms with Gasteiger partial charge in [0.2, 0.25) is 5.91 Å². The maximum atomic E-state index is 13.0. The Kier molecular flexibility index (Phi) is 7.20. The zero-order valence-corrected chi connectivity index (χ0v) is 19.6. The molecule has 162 valence electrons. The summed E-state index contributed by atoms with van der Waals surface area (Å²) in [7, 11) is 0. The van der Waals surface area contributed by atoms with Gasteiger partial charge in [-0.1, -0.05) is 103 Å². The quantitative estimate of drug-likeness (QED) is 0.267. The largest absolute Gasteiger partial charge is 0.332 e. The second-order valence-corrected chi connectivity index (χ2v) is 9.16. The number of amides is 1.